The number of hydrogen-bond acceptors (Lipinski definition) is 10. The van der Waals surface area contributed by atoms with Crippen LogP contribution in [-0.4, -0.2) is 63.5 Å². The predicted molar refractivity (Wildman–Crippen MR) is 96.6 cm³/mol. The normalized spacial score (nSPS) is 11.0. The van der Waals surface area contributed by atoms with E-state index in [1.54, 1.807) is 20.8 Å². The Morgan fingerprint density at radius 1 is 1.14 bits per heavy atom. The summed E-state index contributed by atoms with van der Waals surface area (Å²) in [5.74, 6) is -2.29. The first-order valence-corrected chi connectivity index (χ1v) is 8.99. The lowest BCUT2D eigenvalue weighted by molar-refractivity contribution is -0.168. The first-order chi connectivity index (χ1) is 13.9. The molecule has 2 aromatic heterocycles. The van der Waals surface area contributed by atoms with E-state index in [1.165, 1.54) is 13.3 Å². The number of aromatic nitrogens is 4. The molecule has 1 amide bonds. The molecule has 0 aliphatic rings. The first-order valence-electron chi connectivity index (χ1n) is 8.99. The SMILES string of the molecule is CCOC(=O)C(Cc1c(OCC)noc1-c1ncn[nH]1)(NC(C)=O)C(=O)OCC. The maximum absolute atomic E-state index is 12.8. The lowest BCUT2D eigenvalue weighted by Crippen LogP contribution is -2.62. The average molecular weight is 409 g/mol. The molecule has 0 radical (unpaired) electrons. The molecule has 0 unspecified atom stereocenters. The largest absolute Gasteiger partial charge is 0.476 e. The average Bonchev–Trinajstić information content (AvgIpc) is 3.31. The Hall–Kier alpha value is -3.44. The number of hydrogen-bond donors (Lipinski definition) is 2. The van der Waals surface area contributed by atoms with Crippen molar-refractivity contribution in [2.45, 2.75) is 39.7 Å². The second kappa shape index (κ2) is 9.66. The summed E-state index contributed by atoms with van der Waals surface area (Å²) in [5.41, 5.74) is -1.97. The fourth-order valence-electron chi connectivity index (χ4n) is 2.65. The molecule has 0 atom stereocenters. The monoisotopic (exact) mass is 409 g/mol. The van der Waals surface area contributed by atoms with Crippen LogP contribution in [0, 0.1) is 0 Å². The van der Waals surface area contributed by atoms with Crippen LogP contribution in [0.25, 0.3) is 11.6 Å². The molecule has 0 aromatic carbocycles. The van der Waals surface area contributed by atoms with Crippen molar-refractivity contribution in [3.8, 4) is 17.5 Å². The van der Waals surface area contributed by atoms with Crippen LogP contribution < -0.4 is 10.1 Å². The summed E-state index contributed by atoms with van der Waals surface area (Å²) in [7, 11) is 0. The fourth-order valence-corrected chi connectivity index (χ4v) is 2.65. The smallest absolute Gasteiger partial charge is 0.344 e. The minimum Gasteiger partial charge on any atom is -0.476 e. The number of rotatable bonds is 10. The van der Waals surface area contributed by atoms with E-state index in [4.69, 9.17) is 18.7 Å². The molecule has 0 spiro atoms. The Morgan fingerprint density at radius 3 is 2.28 bits per heavy atom. The van der Waals surface area contributed by atoms with E-state index in [0.29, 0.717) is 0 Å². The van der Waals surface area contributed by atoms with Gasteiger partial charge in [-0.2, -0.15) is 5.10 Å². The van der Waals surface area contributed by atoms with E-state index in [9.17, 15) is 14.4 Å². The zero-order chi connectivity index (χ0) is 21.4. The van der Waals surface area contributed by atoms with Gasteiger partial charge in [0.1, 0.15) is 6.33 Å². The molecule has 2 rings (SSSR count). The fraction of sp³-hybridized carbons (Fsp3) is 0.529. The Morgan fingerprint density at radius 2 is 1.79 bits per heavy atom. The second-order valence-electron chi connectivity index (χ2n) is 5.77. The highest BCUT2D eigenvalue weighted by Gasteiger charge is 2.52. The Balaban J connectivity index is 2.63. The van der Waals surface area contributed by atoms with E-state index in [-0.39, 0.29) is 42.8 Å². The lowest BCUT2D eigenvalue weighted by Gasteiger charge is -2.29. The molecule has 12 nitrogen and oxygen atoms in total. The van der Waals surface area contributed by atoms with Gasteiger partial charge in [0.15, 0.2) is 5.82 Å². The summed E-state index contributed by atoms with van der Waals surface area (Å²) in [4.78, 5) is 41.6. The summed E-state index contributed by atoms with van der Waals surface area (Å²) < 4.78 is 20.9. The molecule has 158 valence electrons. The summed E-state index contributed by atoms with van der Waals surface area (Å²) in [6.07, 6.45) is 0.846. The highest BCUT2D eigenvalue weighted by atomic mass is 16.6. The van der Waals surface area contributed by atoms with Crippen LogP contribution in [0.5, 0.6) is 5.88 Å². The van der Waals surface area contributed by atoms with Crippen molar-refractivity contribution in [2.75, 3.05) is 19.8 Å². The molecule has 0 aliphatic heterocycles. The van der Waals surface area contributed by atoms with E-state index >= 15 is 0 Å². The van der Waals surface area contributed by atoms with Crippen molar-refractivity contribution in [1.29, 1.82) is 0 Å². The third-order valence-corrected chi connectivity index (χ3v) is 3.74. The van der Waals surface area contributed by atoms with Gasteiger partial charge in [0.25, 0.3) is 5.88 Å². The van der Waals surface area contributed by atoms with Crippen molar-refractivity contribution < 1.29 is 33.1 Å². The van der Waals surface area contributed by atoms with Crippen LogP contribution >= 0.6 is 0 Å². The quantitative estimate of drug-likeness (QED) is 0.415. The van der Waals surface area contributed by atoms with Crippen molar-refractivity contribution in [1.82, 2.24) is 25.7 Å². The van der Waals surface area contributed by atoms with Crippen molar-refractivity contribution in [2.24, 2.45) is 0 Å². The zero-order valence-electron chi connectivity index (χ0n) is 16.6. The molecular formula is C17H23N5O7. The van der Waals surface area contributed by atoms with Crippen molar-refractivity contribution in [3.05, 3.63) is 11.9 Å². The molecule has 0 aliphatic carbocycles. The number of carbonyl (C=O) groups is 3. The van der Waals surface area contributed by atoms with E-state index in [2.05, 4.69) is 25.7 Å². The second-order valence-corrected chi connectivity index (χ2v) is 5.77. The number of nitrogens with zero attached hydrogens (tertiary/aromatic N) is 3. The Bertz CT molecular complexity index is 828. The van der Waals surface area contributed by atoms with Gasteiger partial charge in [-0.05, 0) is 25.9 Å². The van der Waals surface area contributed by atoms with Crippen molar-refractivity contribution in [3.63, 3.8) is 0 Å². The third kappa shape index (κ3) is 4.70. The molecule has 2 heterocycles. The van der Waals surface area contributed by atoms with Gasteiger partial charge >= 0.3 is 11.9 Å². The van der Waals surface area contributed by atoms with Crippen LogP contribution in [0.1, 0.15) is 33.3 Å². The van der Waals surface area contributed by atoms with Gasteiger partial charge < -0.3 is 24.1 Å². The summed E-state index contributed by atoms with van der Waals surface area (Å²) in [6.45, 7) is 6.25. The van der Waals surface area contributed by atoms with Gasteiger partial charge in [0.05, 0.1) is 25.4 Å². The Kier molecular flexibility index (Phi) is 7.28. The van der Waals surface area contributed by atoms with Crippen LogP contribution in [0.2, 0.25) is 0 Å². The van der Waals surface area contributed by atoms with Gasteiger partial charge in [0.2, 0.25) is 17.2 Å². The minimum absolute atomic E-state index is 0.0174. The van der Waals surface area contributed by atoms with Crippen LogP contribution in [-0.2, 0) is 30.3 Å². The number of ether oxygens (including phenoxy) is 3. The lowest BCUT2D eigenvalue weighted by atomic mass is 9.90. The van der Waals surface area contributed by atoms with E-state index in [0.717, 1.165) is 0 Å². The molecule has 2 aromatic rings. The van der Waals surface area contributed by atoms with Gasteiger partial charge in [-0.25, -0.2) is 14.6 Å². The summed E-state index contributed by atoms with van der Waals surface area (Å²) in [5, 5.41) is 12.6. The number of H-pyrrole nitrogens is 1. The third-order valence-electron chi connectivity index (χ3n) is 3.74. The molecule has 2 N–H and O–H groups in total. The van der Waals surface area contributed by atoms with Crippen molar-refractivity contribution >= 4 is 17.8 Å². The minimum atomic E-state index is -2.18. The van der Waals surface area contributed by atoms with E-state index < -0.39 is 29.8 Å². The molecule has 12 heteroatoms. The number of aromatic amines is 1. The summed E-state index contributed by atoms with van der Waals surface area (Å²) in [6, 6.07) is 0. The molecule has 29 heavy (non-hydrogen) atoms. The van der Waals surface area contributed by atoms with Crippen LogP contribution in [0.4, 0.5) is 0 Å². The maximum Gasteiger partial charge on any atom is 0.344 e. The summed E-state index contributed by atoms with van der Waals surface area (Å²) >= 11 is 0. The van der Waals surface area contributed by atoms with Gasteiger partial charge in [-0.1, -0.05) is 0 Å². The molecular weight excluding hydrogens is 386 g/mol. The predicted octanol–water partition coefficient (Wildman–Crippen LogP) is 0.402. The molecule has 0 saturated heterocycles. The van der Waals surface area contributed by atoms with Gasteiger partial charge in [-0.3, -0.25) is 9.89 Å². The number of esters is 2. The first kappa shape index (κ1) is 21.9. The Labute approximate surface area is 166 Å². The van der Waals surface area contributed by atoms with E-state index in [1.807, 2.05) is 0 Å². The number of amides is 1. The van der Waals surface area contributed by atoms with Crippen LogP contribution in [0.15, 0.2) is 10.9 Å². The molecule has 0 saturated carbocycles. The van der Waals surface area contributed by atoms with Gasteiger partial charge in [0, 0.05) is 13.3 Å². The topological polar surface area (TPSA) is 159 Å². The highest BCUT2D eigenvalue weighted by Crippen LogP contribution is 2.33. The molecule has 0 bridgehead atoms. The zero-order valence-corrected chi connectivity index (χ0v) is 16.6. The standard InChI is InChI=1S/C17H23N5O7/c1-5-26-14-11(12(29-22-14)13-18-9-19-21-13)8-17(20-10(4)23,15(24)27-6-2)16(25)28-7-3/h9H,5-8H2,1-4H3,(H,20,23)(H,18,19,21). The number of nitrogens with one attached hydrogen (secondary N) is 2. The van der Waals surface area contributed by atoms with Crippen LogP contribution in [0.3, 0.4) is 0 Å². The number of carbonyl (C=O) groups excluding carboxylic acids is 3. The molecule has 0 fully saturated rings. The highest BCUT2D eigenvalue weighted by molar-refractivity contribution is 6.08. The van der Waals surface area contributed by atoms with Gasteiger partial charge in [-0.15, -0.1) is 0 Å². The maximum atomic E-state index is 12.8.